The quantitative estimate of drug-likeness (QED) is 0.369. The number of ether oxygens (including phenoxy) is 2. The van der Waals surface area contributed by atoms with Crippen LogP contribution in [0.25, 0.3) is 11.4 Å². The van der Waals surface area contributed by atoms with E-state index in [1.165, 1.54) is 25.1 Å². The fourth-order valence-electron chi connectivity index (χ4n) is 2.44. The summed E-state index contributed by atoms with van der Waals surface area (Å²) in [6, 6.07) is 11.3. The van der Waals surface area contributed by atoms with E-state index in [9.17, 15) is 14.9 Å². The van der Waals surface area contributed by atoms with Crippen LogP contribution in [0.3, 0.4) is 0 Å². The highest BCUT2D eigenvalue weighted by Gasteiger charge is 2.20. The van der Waals surface area contributed by atoms with E-state index in [1.807, 2.05) is 0 Å². The smallest absolute Gasteiger partial charge is 0.339 e. The molecule has 0 bridgehead atoms. The summed E-state index contributed by atoms with van der Waals surface area (Å²) in [5.74, 6) is 0.361. The van der Waals surface area contributed by atoms with Crippen LogP contribution in [-0.4, -0.2) is 28.1 Å². The molecular formula is C18H15N3O6. The summed E-state index contributed by atoms with van der Waals surface area (Å²) in [7, 11) is 1.55. The molecule has 9 nitrogen and oxygen atoms in total. The summed E-state index contributed by atoms with van der Waals surface area (Å²) >= 11 is 0. The van der Waals surface area contributed by atoms with Gasteiger partial charge in [0.15, 0.2) is 6.61 Å². The standard InChI is InChI=1S/C18H15N3O6/c1-11-14(7-4-8-15(11)21(23)24)18(22)26-10-16-19-17(20-27-16)12-5-3-6-13(9-12)25-2/h3-9H,10H2,1-2H3. The van der Waals surface area contributed by atoms with Crippen LogP contribution in [0.5, 0.6) is 5.75 Å². The molecule has 0 radical (unpaired) electrons. The van der Waals surface area contributed by atoms with Gasteiger partial charge in [0.25, 0.3) is 11.6 Å². The van der Waals surface area contributed by atoms with Gasteiger partial charge in [-0.2, -0.15) is 4.98 Å². The Morgan fingerprint density at radius 1 is 1.26 bits per heavy atom. The van der Waals surface area contributed by atoms with E-state index in [0.29, 0.717) is 17.1 Å². The number of nitrogens with zero attached hydrogens (tertiary/aromatic N) is 3. The van der Waals surface area contributed by atoms with Gasteiger partial charge in [0.05, 0.1) is 17.6 Å². The molecule has 0 atom stereocenters. The lowest BCUT2D eigenvalue weighted by molar-refractivity contribution is -0.385. The van der Waals surface area contributed by atoms with Crippen molar-refractivity contribution in [3.8, 4) is 17.1 Å². The lowest BCUT2D eigenvalue weighted by atomic mass is 10.1. The topological polar surface area (TPSA) is 118 Å². The van der Waals surface area contributed by atoms with Gasteiger partial charge in [-0.05, 0) is 25.1 Å². The third kappa shape index (κ3) is 3.92. The van der Waals surface area contributed by atoms with Crippen LogP contribution in [0.15, 0.2) is 47.0 Å². The van der Waals surface area contributed by atoms with E-state index in [0.717, 1.165) is 0 Å². The molecule has 0 saturated carbocycles. The number of hydrogen-bond donors (Lipinski definition) is 0. The first kappa shape index (κ1) is 18.1. The van der Waals surface area contributed by atoms with Crippen LogP contribution in [0.4, 0.5) is 5.69 Å². The highest BCUT2D eigenvalue weighted by Crippen LogP contribution is 2.23. The van der Waals surface area contributed by atoms with Crippen LogP contribution < -0.4 is 4.74 Å². The molecule has 1 aromatic heterocycles. The second kappa shape index (κ2) is 7.65. The molecule has 0 amide bonds. The van der Waals surface area contributed by atoms with Crippen molar-refractivity contribution in [3.63, 3.8) is 0 Å². The monoisotopic (exact) mass is 369 g/mol. The minimum absolute atomic E-state index is 0.101. The van der Waals surface area contributed by atoms with Crippen molar-refractivity contribution in [1.29, 1.82) is 0 Å². The SMILES string of the molecule is COc1cccc(-c2noc(COC(=O)c3cccc([N+](=O)[O-])c3C)n2)c1. The van der Waals surface area contributed by atoms with Gasteiger partial charge < -0.3 is 14.0 Å². The van der Waals surface area contributed by atoms with Crippen molar-refractivity contribution >= 4 is 11.7 Å². The number of esters is 1. The Hall–Kier alpha value is -3.75. The average molecular weight is 369 g/mol. The first-order chi connectivity index (χ1) is 13.0. The fraction of sp³-hybridized carbons (Fsp3) is 0.167. The molecule has 0 aliphatic heterocycles. The molecule has 0 N–H and O–H groups in total. The molecule has 1 heterocycles. The van der Waals surface area contributed by atoms with Crippen LogP contribution >= 0.6 is 0 Å². The third-order valence-corrected chi connectivity index (χ3v) is 3.84. The van der Waals surface area contributed by atoms with Crippen molar-refractivity contribution in [2.24, 2.45) is 0 Å². The largest absolute Gasteiger partial charge is 0.497 e. The number of benzene rings is 2. The maximum Gasteiger partial charge on any atom is 0.339 e. The van der Waals surface area contributed by atoms with E-state index in [-0.39, 0.29) is 29.3 Å². The summed E-state index contributed by atoms with van der Waals surface area (Å²) in [6.07, 6.45) is 0. The second-order valence-electron chi connectivity index (χ2n) is 5.53. The summed E-state index contributed by atoms with van der Waals surface area (Å²) in [5.41, 5.74) is 0.875. The molecule has 3 aromatic rings. The fourth-order valence-corrected chi connectivity index (χ4v) is 2.44. The second-order valence-corrected chi connectivity index (χ2v) is 5.53. The lowest BCUT2D eigenvalue weighted by Crippen LogP contribution is -2.08. The molecule has 2 aromatic carbocycles. The molecule has 0 aliphatic carbocycles. The van der Waals surface area contributed by atoms with Gasteiger partial charge in [0.1, 0.15) is 5.75 Å². The van der Waals surface area contributed by atoms with Gasteiger partial charge in [-0.15, -0.1) is 0 Å². The Morgan fingerprint density at radius 2 is 2.04 bits per heavy atom. The molecule has 9 heteroatoms. The number of nitro groups is 1. The molecule has 0 aliphatic rings. The number of carbonyl (C=O) groups excluding carboxylic acids is 1. The van der Waals surface area contributed by atoms with Crippen molar-refractivity contribution in [2.75, 3.05) is 7.11 Å². The predicted octanol–water partition coefficient (Wildman–Crippen LogP) is 3.32. The Balaban J connectivity index is 1.71. The van der Waals surface area contributed by atoms with Gasteiger partial charge in [-0.25, -0.2) is 4.79 Å². The number of rotatable bonds is 6. The van der Waals surface area contributed by atoms with Crippen LogP contribution in [-0.2, 0) is 11.3 Å². The Labute approximate surface area is 153 Å². The first-order valence-corrected chi connectivity index (χ1v) is 7.87. The number of hydrogen-bond acceptors (Lipinski definition) is 8. The van der Waals surface area contributed by atoms with Crippen LogP contribution in [0.1, 0.15) is 21.8 Å². The van der Waals surface area contributed by atoms with Gasteiger partial charge in [0.2, 0.25) is 5.82 Å². The first-order valence-electron chi connectivity index (χ1n) is 7.87. The van der Waals surface area contributed by atoms with Crippen molar-refractivity contribution in [3.05, 3.63) is 69.6 Å². The zero-order valence-electron chi connectivity index (χ0n) is 14.5. The number of methoxy groups -OCH3 is 1. The highest BCUT2D eigenvalue weighted by atomic mass is 16.6. The third-order valence-electron chi connectivity index (χ3n) is 3.84. The van der Waals surface area contributed by atoms with E-state index in [1.54, 1.807) is 31.4 Å². The Kier molecular flexibility index (Phi) is 5.11. The van der Waals surface area contributed by atoms with Gasteiger partial charge in [0, 0.05) is 17.2 Å². The van der Waals surface area contributed by atoms with Crippen molar-refractivity contribution in [2.45, 2.75) is 13.5 Å². The maximum atomic E-state index is 12.2. The zero-order chi connectivity index (χ0) is 19.4. The Bertz CT molecular complexity index is 998. The van der Waals surface area contributed by atoms with Crippen molar-refractivity contribution < 1.29 is 23.7 Å². The van der Waals surface area contributed by atoms with Gasteiger partial charge in [-0.1, -0.05) is 23.4 Å². The van der Waals surface area contributed by atoms with E-state index in [4.69, 9.17) is 14.0 Å². The zero-order valence-corrected chi connectivity index (χ0v) is 14.5. The van der Waals surface area contributed by atoms with Crippen LogP contribution in [0.2, 0.25) is 0 Å². The van der Waals surface area contributed by atoms with Gasteiger partial charge >= 0.3 is 5.97 Å². The molecular weight excluding hydrogens is 354 g/mol. The minimum Gasteiger partial charge on any atom is -0.497 e. The normalized spacial score (nSPS) is 10.4. The molecule has 0 unspecified atom stereocenters. The maximum absolute atomic E-state index is 12.2. The minimum atomic E-state index is -0.711. The number of carbonyl (C=O) groups is 1. The van der Waals surface area contributed by atoms with E-state index < -0.39 is 10.9 Å². The van der Waals surface area contributed by atoms with Gasteiger partial charge in [-0.3, -0.25) is 10.1 Å². The molecule has 0 spiro atoms. The lowest BCUT2D eigenvalue weighted by Gasteiger charge is -2.05. The van der Waals surface area contributed by atoms with Crippen molar-refractivity contribution in [1.82, 2.24) is 10.1 Å². The predicted molar refractivity (Wildman–Crippen MR) is 93.2 cm³/mol. The highest BCUT2D eigenvalue weighted by molar-refractivity contribution is 5.92. The molecule has 138 valence electrons. The molecule has 27 heavy (non-hydrogen) atoms. The summed E-state index contributed by atoms with van der Waals surface area (Å²) in [6.45, 7) is 1.24. The molecule has 3 rings (SSSR count). The number of nitro benzene ring substituents is 1. The molecule has 0 fully saturated rings. The van der Waals surface area contributed by atoms with Crippen LogP contribution in [0, 0.1) is 17.0 Å². The average Bonchev–Trinajstić information content (AvgIpc) is 3.15. The summed E-state index contributed by atoms with van der Waals surface area (Å²) in [4.78, 5) is 26.8. The van der Waals surface area contributed by atoms with E-state index >= 15 is 0 Å². The Morgan fingerprint density at radius 3 is 2.78 bits per heavy atom. The number of aromatic nitrogens is 2. The summed E-state index contributed by atoms with van der Waals surface area (Å²) in [5, 5.41) is 14.8. The van der Waals surface area contributed by atoms with E-state index in [2.05, 4.69) is 10.1 Å². The summed E-state index contributed by atoms with van der Waals surface area (Å²) < 4.78 is 15.4. The molecule has 0 saturated heterocycles.